The number of carbonyl (C=O) groups excluding carboxylic acids is 2. The van der Waals surface area contributed by atoms with Crippen LogP contribution in [-0.2, 0) is 4.79 Å². The number of halogens is 3. The number of carbonyl (C=O) groups is 2. The molecule has 0 aliphatic carbocycles. The minimum absolute atomic E-state index is 0. The molecule has 0 aromatic carbocycles. The molecule has 0 saturated carbocycles. The van der Waals surface area contributed by atoms with Crippen molar-refractivity contribution >= 4 is 22.9 Å². The van der Waals surface area contributed by atoms with Gasteiger partial charge in [0, 0.05) is 0 Å². The van der Waals surface area contributed by atoms with Crippen molar-refractivity contribution < 1.29 is 53.7 Å². The minimum Gasteiger partial charge on any atom is -1.00 e. The first kappa shape index (κ1) is 14.8. The van der Waals surface area contributed by atoms with Crippen molar-refractivity contribution in [1.82, 2.24) is 0 Å². The van der Waals surface area contributed by atoms with Gasteiger partial charge in [-0.3, -0.25) is 9.59 Å². The van der Waals surface area contributed by atoms with Crippen molar-refractivity contribution in [2.24, 2.45) is 0 Å². The van der Waals surface area contributed by atoms with Crippen molar-refractivity contribution in [2.75, 3.05) is 0 Å². The van der Waals surface area contributed by atoms with Crippen LogP contribution < -0.4 is 29.6 Å². The second kappa shape index (κ2) is 5.79. The largest absolute Gasteiger partial charge is 1.00 e. The van der Waals surface area contributed by atoms with Crippen molar-refractivity contribution in [3.05, 3.63) is 22.4 Å². The Morgan fingerprint density at radius 2 is 2.00 bits per heavy atom. The molecule has 0 N–H and O–H groups in total. The molecule has 15 heavy (non-hydrogen) atoms. The summed E-state index contributed by atoms with van der Waals surface area (Å²) in [6.07, 6.45) is -6.03. The van der Waals surface area contributed by atoms with Gasteiger partial charge in [-0.2, -0.15) is 13.2 Å². The van der Waals surface area contributed by atoms with Crippen LogP contribution in [-0.4, -0.2) is 17.7 Å². The van der Waals surface area contributed by atoms with Crippen LogP contribution in [0.1, 0.15) is 17.5 Å². The van der Waals surface area contributed by atoms with Gasteiger partial charge in [-0.15, -0.1) is 11.3 Å². The summed E-state index contributed by atoms with van der Waals surface area (Å²) in [5.74, 6) is -2.79. The molecular weight excluding hydrogens is 240 g/mol. The van der Waals surface area contributed by atoms with Gasteiger partial charge in [-0.25, -0.2) is 0 Å². The zero-order chi connectivity index (χ0) is 10.8. The van der Waals surface area contributed by atoms with Crippen molar-refractivity contribution in [3.8, 4) is 0 Å². The maximum Gasteiger partial charge on any atom is 1.00 e. The van der Waals surface area contributed by atoms with Gasteiger partial charge in [0.15, 0.2) is 5.78 Å². The van der Waals surface area contributed by atoms with Crippen LogP contribution in [0, 0.1) is 0 Å². The number of Topliss-reactive ketones (excluding diaryl/α,β-unsaturated/α-hetero) is 2. The maximum atomic E-state index is 11.8. The molecule has 0 aliphatic heterocycles. The SMILES string of the molecule is O=C(CC(=O)C(F)(F)F)c1cccs1.[H-].[Na+]. The van der Waals surface area contributed by atoms with E-state index in [1.807, 2.05) is 0 Å². The molecule has 0 bridgehead atoms. The summed E-state index contributed by atoms with van der Waals surface area (Å²) in [5, 5.41) is 1.56. The third kappa shape index (κ3) is 4.46. The Hall–Kier alpha value is -0.170. The fourth-order valence-corrected chi connectivity index (χ4v) is 1.43. The summed E-state index contributed by atoms with van der Waals surface area (Å²) >= 11 is 1.01. The predicted octanol–water partition coefficient (Wildman–Crippen LogP) is -0.431. The quantitative estimate of drug-likeness (QED) is 0.412. The number of thiophene rings is 1. The first-order valence-corrected chi connectivity index (χ1v) is 4.46. The van der Waals surface area contributed by atoms with Gasteiger partial charge in [0.25, 0.3) is 0 Å². The van der Waals surface area contributed by atoms with E-state index in [1.54, 1.807) is 5.38 Å². The Morgan fingerprint density at radius 3 is 2.40 bits per heavy atom. The van der Waals surface area contributed by atoms with Crippen molar-refractivity contribution in [1.29, 1.82) is 0 Å². The van der Waals surface area contributed by atoms with Crippen molar-refractivity contribution in [2.45, 2.75) is 12.6 Å². The first-order chi connectivity index (χ1) is 6.41. The molecule has 1 rings (SSSR count). The second-order valence-electron chi connectivity index (χ2n) is 2.50. The van der Waals surface area contributed by atoms with E-state index in [2.05, 4.69) is 0 Å². The van der Waals surface area contributed by atoms with E-state index >= 15 is 0 Å². The van der Waals surface area contributed by atoms with Crippen LogP contribution in [0.2, 0.25) is 0 Å². The normalized spacial score (nSPS) is 10.6. The standard InChI is InChI=1S/C8H5F3O2S.Na.H/c9-8(10,11)7(13)4-5(12)6-2-1-3-14-6;;/h1-3H,4H2;;/q;+1;-1. The molecule has 1 heterocycles. The van der Waals surface area contributed by atoms with Gasteiger partial charge in [-0.05, 0) is 11.4 Å². The van der Waals surface area contributed by atoms with Gasteiger partial charge in [0.05, 0.1) is 11.3 Å². The fourth-order valence-electron chi connectivity index (χ4n) is 0.770. The minimum atomic E-state index is -4.92. The Labute approximate surface area is 111 Å². The number of hydrogen-bond donors (Lipinski definition) is 0. The van der Waals surface area contributed by atoms with Crippen LogP contribution in [0.3, 0.4) is 0 Å². The number of alkyl halides is 3. The van der Waals surface area contributed by atoms with Crippen LogP contribution in [0.25, 0.3) is 0 Å². The fraction of sp³-hybridized carbons (Fsp3) is 0.250. The van der Waals surface area contributed by atoms with Gasteiger partial charge < -0.3 is 1.43 Å². The molecule has 2 nitrogen and oxygen atoms in total. The molecule has 7 heteroatoms. The summed E-state index contributed by atoms with van der Waals surface area (Å²) < 4.78 is 35.3. The molecule has 1 aromatic heterocycles. The molecule has 0 saturated heterocycles. The van der Waals surface area contributed by atoms with Crippen LogP contribution in [0.4, 0.5) is 13.2 Å². The predicted molar refractivity (Wildman–Crippen MR) is 45.4 cm³/mol. The number of hydrogen-bond acceptors (Lipinski definition) is 3. The molecule has 0 spiro atoms. The molecule has 0 aliphatic rings. The number of rotatable bonds is 3. The van der Waals surface area contributed by atoms with Crippen molar-refractivity contribution in [3.63, 3.8) is 0 Å². The summed E-state index contributed by atoms with van der Waals surface area (Å²) in [6, 6.07) is 2.92. The zero-order valence-corrected chi connectivity index (χ0v) is 10.6. The Morgan fingerprint density at radius 1 is 1.40 bits per heavy atom. The van der Waals surface area contributed by atoms with E-state index in [0.29, 0.717) is 0 Å². The van der Waals surface area contributed by atoms with Gasteiger partial charge >= 0.3 is 35.7 Å². The van der Waals surface area contributed by atoms with Crippen LogP contribution in [0.15, 0.2) is 17.5 Å². The molecule has 0 atom stereocenters. The average Bonchev–Trinajstić information content (AvgIpc) is 2.53. The first-order valence-electron chi connectivity index (χ1n) is 3.58. The van der Waals surface area contributed by atoms with Gasteiger partial charge in [-0.1, -0.05) is 6.07 Å². The maximum absolute atomic E-state index is 11.8. The van der Waals surface area contributed by atoms with E-state index in [1.165, 1.54) is 12.1 Å². The third-order valence-corrected chi connectivity index (χ3v) is 2.34. The molecule has 0 amide bonds. The van der Waals surface area contributed by atoms with E-state index in [-0.39, 0.29) is 35.9 Å². The summed E-state index contributed by atoms with van der Waals surface area (Å²) in [6.45, 7) is 0. The Bertz CT molecular complexity index is 351. The van der Waals surface area contributed by atoms with Gasteiger partial charge in [0.1, 0.15) is 0 Å². The summed E-state index contributed by atoms with van der Waals surface area (Å²) in [5.41, 5.74) is 0. The van der Waals surface area contributed by atoms with Gasteiger partial charge in [0.2, 0.25) is 5.78 Å². The van der Waals surface area contributed by atoms with E-state index in [9.17, 15) is 22.8 Å². The molecule has 1 aromatic rings. The molecule has 0 fully saturated rings. The summed E-state index contributed by atoms with van der Waals surface area (Å²) in [4.78, 5) is 21.7. The molecule has 0 unspecified atom stereocenters. The average molecular weight is 246 g/mol. The Balaban J connectivity index is 0. The third-order valence-electron chi connectivity index (χ3n) is 1.43. The number of ketones is 2. The second-order valence-corrected chi connectivity index (χ2v) is 3.45. The Kier molecular flexibility index (Phi) is 5.72. The van der Waals surface area contributed by atoms with E-state index < -0.39 is 24.2 Å². The molecular formula is C8H6F3NaO2S. The smallest absolute Gasteiger partial charge is 1.00 e. The van der Waals surface area contributed by atoms with Crippen LogP contribution >= 0.6 is 11.3 Å². The molecule has 78 valence electrons. The molecule has 0 radical (unpaired) electrons. The monoisotopic (exact) mass is 246 g/mol. The van der Waals surface area contributed by atoms with E-state index in [4.69, 9.17) is 0 Å². The zero-order valence-electron chi connectivity index (χ0n) is 8.80. The van der Waals surface area contributed by atoms with E-state index in [0.717, 1.165) is 11.3 Å². The van der Waals surface area contributed by atoms with Crippen LogP contribution in [0.5, 0.6) is 0 Å². The summed E-state index contributed by atoms with van der Waals surface area (Å²) in [7, 11) is 0. The topological polar surface area (TPSA) is 34.1 Å².